The Morgan fingerprint density at radius 3 is 2.67 bits per heavy atom. The summed E-state index contributed by atoms with van der Waals surface area (Å²) in [5.41, 5.74) is 0. The molecule has 0 unspecified atom stereocenters. The number of hydrogen-bond acceptors (Lipinski definition) is 2. The summed E-state index contributed by atoms with van der Waals surface area (Å²) in [6.45, 7) is 6.33. The largest absolute Gasteiger partial charge is 0.462 e. The Kier molecular flexibility index (Phi) is 3.12. The Hall–Kier alpha value is -0.530. The monoisotopic (exact) mass is 170 g/mol. The Morgan fingerprint density at radius 2 is 2.08 bits per heavy atom. The molecule has 0 bridgehead atoms. The van der Waals surface area contributed by atoms with E-state index >= 15 is 0 Å². The van der Waals surface area contributed by atoms with Gasteiger partial charge >= 0.3 is 5.97 Å². The van der Waals surface area contributed by atoms with Gasteiger partial charge in [0, 0.05) is 6.42 Å². The standard InChI is InChI=1S/C10H18O2/c1-7(2)9-5-4-8(3)6-10(11)12-9/h7-9H,4-6H2,1-3H3/t8-,9+/m0/s1. The summed E-state index contributed by atoms with van der Waals surface area (Å²) in [7, 11) is 0. The summed E-state index contributed by atoms with van der Waals surface area (Å²) < 4.78 is 5.30. The molecule has 12 heavy (non-hydrogen) atoms. The van der Waals surface area contributed by atoms with Crippen molar-refractivity contribution in [1.29, 1.82) is 0 Å². The van der Waals surface area contributed by atoms with E-state index in [1.54, 1.807) is 0 Å². The van der Waals surface area contributed by atoms with Gasteiger partial charge in [0.15, 0.2) is 0 Å². The van der Waals surface area contributed by atoms with Gasteiger partial charge in [-0.25, -0.2) is 0 Å². The summed E-state index contributed by atoms with van der Waals surface area (Å²) in [6, 6.07) is 0. The topological polar surface area (TPSA) is 26.3 Å². The van der Waals surface area contributed by atoms with E-state index < -0.39 is 0 Å². The number of carbonyl (C=O) groups is 1. The maximum Gasteiger partial charge on any atom is 0.306 e. The molecule has 2 nitrogen and oxygen atoms in total. The van der Waals surface area contributed by atoms with Crippen molar-refractivity contribution in [1.82, 2.24) is 0 Å². The minimum absolute atomic E-state index is 0.0151. The number of cyclic esters (lactones) is 1. The van der Waals surface area contributed by atoms with Gasteiger partial charge in [0.2, 0.25) is 0 Å². The van der Waals surface area contributed by atoms with E-state index in [2.05, 4.69) is 20.8 Å². The molecule has 0 aromatic heterocycles. The minimum atomic E-state index is -0.0151. The highest BCUT2D eigenvalue weighted by Crippen LogP contribution is 2.23. The van der Waals surface area contributed by atoms with Crippen LogP contribution < -0.4 is 0 Å². The summed E-state index contributed by atoms with van der Waals surface area (Å²) in [5.74, 6) is 0.944. The second kappa shape index (κ2) is 3.92. The van der Waals surface area contributed by atoms with Crippen LogP contribution in [0.3, 0.4) is 0 Å². The minimum Gasteiger partial charge on any atom is -0.462 e. The van der Waals surface area contributed by atoms with E-state index in [1.807, 2.05) is 0 Å². The molecule has 0 saturated carbocycles. The fraction of sp³-hybridized carbons (Fsp3) is 0.900. The number of hydrogen-bond donors (Lipinski definition) is 0. The highest BCUT2D eigenvalue weighted by atomic mass is 16.5. The average molecular weight is 170 g/mol. The molecule has 0 aromatic rings. The van der Waals surface area contributed by atoms with Crippen LogP contribution in [0, 0.1) is 11.8 Å². The molecule has 1 fully saturated rings. The van der Waals surface area contributed by atoms with Crippen LogP contribution in [0.15, 0.2) is 0 Å². The summed E-state index contributed by atoms with van der Waals surface area (Å²) >= 11 is 0. The van der Waals surface area contributed by atoms with Crippen molar-refractivity contribution in [3.05, 3.63) is 0 Å². The Morgan fingerprint density at radius 1 is 1.42 bits per heavy atom. The zero-order valence-electron chi connectivity index (χ0n) is 8.17. The number of rotatable bonds is 1. The molecule has 0 amide bonds. The normalized spacial score (nSPS) is 31.5. The van der Waals surface area contributed by atoms with Gasteiger partial charge in [-0.1, -0.05) is 20.8 Å². The molecule has 0 aliphatic carbocycles. The molecule has 1 aliphatic rings. The second-order valence-corrected chi connectivity index (χ2v) is 4.16. The highest BCUT2D eigenvalue weighted by Gasteiger charge is 2.24. The van der Waals surface area contributed by atoms with Gasteiger partial charge in [-0.05, 0) is 24.7 Å². The van der Waals surface area contributed by atoms with Gasteiger partial charge in [0.25, 0.3) is 0 Å². The smallest absolute Gasteiger partial charge is 0.306 e. The van der Waals surface area contributed by atoms with Crippen molar-refractivity contribution in [3.63, 3.8) is 0 Å². The van der Waals surface area contributed by atoms with Crippen molar-refractivity contribution in [2.24, 2.45) is 11.8 Å². The lowest BCUT2D eigenvalue weighted by Gasteiger charge is -2.18. The first-order valence-corrected chi connectivity index (χ1v) is 4.79. The average Bonchev–Trinajstić information content (AvgIpc) is 2.11. The first kappa shape index (κ1) is 9.56. The van der Waals surface area contributed by atoms with Gasteiger partial charge in [-0.3, -0.25) is 4.79 Å². The van der Waals surface area contributed by atoms with E-state index in [-0.39, 0.29) is 12.1 Å². The lowest BCUT2D eigenvalue weighted by molar-refractivity contribution is -0.150. The van der Waals surface area contributed by atoms with Crippen LogP contribution in [0.4, 0.5) is 0 Å². The van der Waals surface area contributed by atoms with Crippen LogP contribution in [-0.2, 0) is 9.53 Å². The van der Waals surface area contributed by atoms with Crippen molar-refractivity contribution in [2.75, 3.05) is 0 Å². The fourth-order valence-corrected chi connectivity index (χ4v) is 1.58. The predicted molar refractivity (Wildman–Crippen MR) is 47.7 cm³/mol. The molecule has 0 spiro atoms. The van der Waals surface area contributed by atoms with Crippen molar-refractivity contribution in [3.8, 4) is 0 Å². The van der Waals surface area contributed by atoms with Crippen molar-refractivity contribution >= 4 is 5.97 Å². The summed E-state index contributed by atoms with van der Waals surface area (Å²) in [5, 5.41) is 0. The number of ether oxygens (including phenoxy) is 1. The first-order chi connectivity index (χ1) is 5.59. The Balaban J connectivity index is 2.52. The predicted octanol–water partition coefficient (Wildman–Crippen LogP) is 2.37. The fourth-order valence-electron chi connectivity index (χ4n) is 1.58. The van der Waals surface area contributed by atoms with Crippen molar-refractivity contribution in [2.45, 2.75) is 46.1 Å². The first-order valence-electron chi connectivity index (χ1n) is 4.79. The Labute approximate surface area is 74.3 Å². The number of carbonyl (C=O) groups excluding carboxylic acids is 1. The third-order valence-electron chi connectivity index (χ3n) is 2.49. The lowest BCUT2D eigenvalue weighted by Crippen LogP contribution is -2.21. The number of esters is 1. The molecule has 2 atom stereocenters. The molecule has 2 heteroatoms. The zero-order valence-corrected chi connectivity index (χ0v) is 8.17. The quantitative estimate of drug-likeness (QED) is 0.565. The van der Waals surface area contributed by atoms with Crippen LogP contribution in [0.2, 0.25) is 0 Å². The second-order valence-electron chi connectivity index (χ2n) is 4.16. The van der Waals surface area contributed by atoms with Crippen LogP contribution >= 0.6 is 0 Å². The van der Waals surface area contributed by atoms with Gasteiger partial charge in [0.1, 0.15) is 6.10 Å². The van der Waals surface area contributed by atoms with Crippen molar-refractivity contribution < 1.29 is 9.53 Å². The van der Waals surface area contributed by atoms with Gasteiger partial charge in [-0.15, -0.1) is 0 Å². The molecule has 0 N–H and O–H groups in total. The third kappa shape index (κ3) is 2.50. The molecule has 1 heterocycles. The molecule has 1 rings (SSSR count). The van der Waals surface area contributed by atoms with Crippen LogP contribution in [-0.4, -0.2) is 12.1 Å². The van der Waals surface area contributed by atoms with E-state index in [9.17, 15) is 4.79 Å². The molecule has 1 aliphatic heterocycles. The van der Waals surface area contributed by atoms with E-state index in [1.165, 1.54) is 0 Å². The van der Waals surface area contributed by atoms with Gasteiger partial charge < -0.3 is 4.74 Å². The molecule has 70 valence electrons. The maximum atomic E-state index is 11.2. The summed E-state index contributed by atoms with van der Waals surface area (Å²) in [6.07, 6.45) is 2.91. The van der Waals surface area contributed by atoms with E-state index in [0.717, 1.165) is 12.8 Å². The van der Waals surface area contributed by atoms with Crippen LogP contribution in [0.1, 0.15) is 40.0 Å². The molecule has 0 aromatic carbocycles. The SMILES string of the molecule is CC(C)[C@H]1CC[C@H](C)CC(=O)O1. The summed E-state index contributed by atoms with van der Waals surface area (Å²) in [4.78, 5) is 11.2. The highest BCUT2D eigenvalue weighted by molar-refractivity contribution is 5.70. The molecule has 0 radical (unpaired) electrons. The van der Waals surface area contributed by atoms with E-state index in [4.69, 9.17) is 4.74 Å². The Bertz CT molecular complexity index is 163. The maximum absolute atomic E-state index is 11.2. The van der Waals surface area contributed by atoms with Crippen LogP contribution in [0.25, 0.3) is 0 Å². The van der Waals surface area contributed by atoms with Crippen LogP contribution in [0.5, 0.6) is 0 Å². The van der Waals surface area contributed by atoms with Gasteiger partial charge in [0.05, 0.1) is 0 Å². The molecule has 1 saturated heterocycles. The molecular formula is C10H18O2. The zero-order chi connectivity index (χ0) is 9.14. The molecular weight excluding hydrogens is 152 g/mol. The van der Waals surface area contributed by atoms with Gasteiger partial charge in [-0.2, -0.15) is 0 Å². The lowest BCUT2D eigenvalue weighted by atomic mass is 9.97. The third-order valence-corrected chi connectivity index (χ3v) is 2.49. The van der Waals surface area contributed by atoms with E-state index in [0.29, 0.717) is 18.3 Å².